The molecular formula is C23H28O3. The molecule has 0 aliphatic carbocycles. The van der Waals surface area contributed by atoms with E-state index in [2.05, 4.69) is 6.58 Å². The summed E-state index contributed by atoms with van der Waals surface area (Å²) in [5.41, 5.74) is 2.21. The lowest BCUT2D eigenvalue weighted by Crippen LogP contribution is -2.28. The fourth-order valence-electron chi connectivity index (χ4n) is 2.50. The molecule has 0 aliphatic heterocycles. The van der Waals surface area contributed by atoms with Crippen molar-refractivity contribution in [3.05, 3.63) is 96.6 Å². The summed E-state index contributed by atoms with van der Waals surface area (Å²) in [6.07, 6.45) is 5.31. The Morgan fingerprint density at radius 1 is 0.885 bits per heavy atom. The van der Waals surface area contributed by atoms with E-state index in [0.717, 1.165) is 11.1 Å². The molecule has 2 rings (SSSR count). The average molecular weight is 352 g/mol. The number of aliphatic hydroxyl groups is 1. The van der Waals surface area contributed by atoms with Gasteiger partial charge in [-0.25, -0.2) is 0 Å². The van der Waals surface area contributed by atoms with Crippen LogP contribution in [-0.2, 0) is 22.7 Å². The van der Waals surface area contributed by atoms with Crippen LogP contribution < -0.4 is 0 Å². The van der Waals surface area contributed by atoms with Crippen LogP contribution in [0.25, 0.3) is 0 Å². The fourth-order valence-corrected chi connectivity index (χ4v) is 2.50. The summed E-state index contributed by atoms with van der Waals surface area (Å²) in [7, 11) is 0. The Kier molecular flexibility index (Phi) is 8.84. The van der Waals surface area contributed by atoms with Gasteiger partial charge in [-0.2, -0.15) is 0 Å². The topological polar surface area (TPSA) is 38.7 Å². The van der Waals surface area contributed by atoms with Crippen molar-refractivity contribution < 1.29 is 14.6 Å². The molecule has 3 heteroatoms. The van der Waals surface area contributed by atoms with Crippen molar-refractivity contribution in [2.24, 2.45) is 0 Å². The highest BCUT2D eigenvalue weighted by Crippen LogP contribution is 2.14. The third kappa shape index (κ3) is 7.36. The molecule has 3 atom stereocenters. The molecule has 0 heterocycles. The van der Waals surface area contributed by atoms with Crippen molar-refractivity contribution in [2.45, 2.75) is 44.9 Å². The number of hydrogen-bond acceptors (Lipinski definition) is 3. The van der Waals surface area contributed by atoms with E-state index in [-0.39, 0.29) is 18.3 Å². The zero-order valence-corrected chi connectivity index (χ0v) is 15.3. The summed E-state index contributed by atoms with van der Waals surface area (Å²) in [6, 6.07) is 20.1. The van der Waals surface area contributed by atoms with Crippen molar-refractivity contribution in [3.8, 4) is 0 Å². The van der Waals surface area contributed by atoms with Crippen LogP contribution in [0.1, 0.15) is 24.5 Å². The van der Waals surface area contributed by atoms with E-state index in [1.54, 1.807) is 13.0 Å². The number of benzene rings is 2. The zero-order valence-electron chi connectivity index (χ0n) is 15.3. The normalized spacial score (nSPS) is 14.8. The highest BCUT2D eigenvalue weighted by Gasteiger charge is 2.18. The van der Waals surface area contributed by atoms with Crippen LogP contribution in [-0.4, -0.2) is 23.4 Å². The van der Waals surface area contributed by atoms with Gasteiger partial charge in [0.05, 0.1) is 19.3 Å². The highest BCUT2D eigenvalue weighted by atomic mass is 16.5. The second kappa shape index (κ2) is 11.4. The van der Waals surface area contributed by atoms with Gasteiger partial charge in [0.2, 0.25) is 0 Å². The Morgan fingerprint density at radius 3 is 1.85 bits per heavy atom. The quantitative estimate of drug-likeness (QED) is 0.597. The maximum atomic E-state index is 9.48. The standard InChI is InChI=1S/C23H28O3/c1-3-22(25-17-20-12-6-4-7-13-20)23(16-10-11-19(2)24)26-18-21-14-8-5-9-15-21/h3-10,12-16,19,22-24H,1,11,17-18H2,2H3/b16-10-/t19?,22-,23+/m0/s1. The van der Waals surface area contributed by atoms with Crippen LogP contribution in [0.4, 0.5) is 0 Å². The molecule has 0 saturated carbocycles. The van der Waals surface area contributed by atoms with Crippen molar-refractivity contribution in [3.63, 3.8) is 0 Å². The van der Waals surface area contributed by atoms with E-state index >= 15 is 0 Å². The van der Waals surface area contributed by atoms with Crippen molar-refractivity contribution in [2.75, 3.05) is 0 Å². The van der Waals surface area contributed by atoms with Gasteiger partial charge in [-0.05, 0) is 24.5 Å². The minimum absolute atomic E-state index is 0.268. The largest absolute Gasteiger partial charge is 0.393 e. The third-order valence-corrected chi connectivity index (χ3v) is 3.93. The highest BCUT2D eigenvalue weighted by molar-refractivity contribution is 5.15. The monoisotopic (exact) mass is 352 g/mol. The second-order valence-electron chi connectivity index (χ2n) is 6.27. The Labute approximate surface area is 156 Å². The van der Waals surface area contributed by atoms with Crippen molar-refractivity contribution in [1.82, 2.24) is 0 Å². The van der Waals surface area contributed by atoms with Gasteiger partial charge in [-0.1, -0.05) is 78.9 Å². The summed E-state index contributed by atoms with van der Waals surface area (Å²) >= 11 is 0. The van der Waals surface area contributed by atoms with Gasteiger partial charge in [0, 0.05) is 0 Å². The second-order valence-corrected chi connectivity index (χ2v) is 6.27. The third-order valence-electron chi connectivity index (χ3n) is 3.93. The first kappa shape index (κ1) is 20.1. The molecule has 0 spiro atoms. The van der Waals surface area contributed by atoms with Crippen LogP contribution in [0.15, 0.2) is 85.5 Å². The average Bonchev–Trinajstić information content (AvgIpc) is 2.67. The van der Waals surface area contributed by atoms with E-state index < -0.39 is 0 Å². The van der Waals surface area contributed by atoms with E-state index in [4.69, 9.17) is 9.47 Å². The molecule has 1 unspecified atom stereocenters. The first-order chi connectivity index (χ1) is 12.7. The maximum Gasteiger partial charge on any atom is 0.106 e. The van der Waals surface area contributed by atoms with Gasteiger partial charge in [-0.15, -0.1) is 6.58 Å². The molecule has 2 aromatic rings. The summed E-state index contributed by atoms with van der Waals surface area (Å²) in [4.78, 5) is 0. The molecule has 0 bridgehead atoms. The first-order valence-electron chi connectivity index (χ1n) is 8.97. The van der Waals surface area contributed by atoms with Crippen LogP contribution >= 0.6 is 0 Å². The number of ether oxygens (including phenoxy) is 2. The van der Waals surface area contributed by atoms with Gasteiger partial charge in [0.1, 0.15) is 12.2 Å². The number of rotatable bonds is 11. The lowest BCUT2D eigenvalue weighted by atomic mass is 10.1. The summed E-state index contributed by atoms with van der Waals surface area (Å²) in [5, 5.41) is 9.48. The van der Waals surface area contributed by atoms with Gasteiger partial charge < -0.3 is 14.6 Å². The molecule has 0 amide bonds. The number of aliphatic hydroxyl groups excluding tert-OH is 1. The lowest BCUT2D eigenvalue weighted by Gasteiger charge is -2.23. The van der Waals surface area contributed by atoms with Gasteiger partial charge in [0.25, 0.3) is 0 Å². The summed E-state index contributed by atoms with van der Waals surface area (Å²) in [6.45, 7) is 6.65. The fraction of sp³-hybridized carbons (Fsp3) is 0.304. The summed E-state index contributed by atoms with van der Waals surface area (Å²) in [5.74, 6) is 0. The van der Waals surface area contributed by atoms with E-state index in [1.807, 2.05) is 72.8 Å². The molecule has 2 aromatic carbocycles. The van der Waals surface area contributed by atoms with Crippen molar-refractivity contribution in [1.29, 1.82) is 0 Å². The van der Waals surface area contributed by atoms with Crippen molar-refractivity contribution >= 4 is 0 Å². The number of hydrogen-bond donors (Lipinski definition) is 1. The lowest BCUT2D eigenvalue weighted by molar-refractivity contribution is -0.0421. The molecule has 0 radical (unpaired) electrons. The van der Waals surface area contributed by atoms with E-state index in [1.165, 1.54) is 0 Å². The van der Waals surface area contributed by atoms with Crippen LogP contribution in [0, 0.1) is 0 Å². The van der Waals surface area contributed by atoms with Crippen LogP contribution in [0.2, 0.25) is 0 Å². The van der Waals surface area contributed by atoms with Gasteiger partial charge in [0.15, 0.2) is 0 Å². The Morgan fingerprint density at radius 2 is 1.38 bits per heavy atom. The Balaban J connectivity index is 2.00. The molecular weight excluding hydrogens is 324 g/mol. The van der Waals surface area contributed by atoms with Crippen LogP contribution in [0.5, 0.6) is 0 Å². The van der Waals surface area contributed by atoms with Gasteiger partial charge >= 0.3 is 0 Å². The molecule has 26 heavy (non-hydrogen) atoms. The SMILES string of the molecule is C=C[C@H](OCc1ccccc1)[C@@H](/C=C\CC(C)O)OCc1ccccc1. The Bertz CT molecular complexity index is 650. The first-order valence-corrected chi connectivity index (χ1v) is 8.97. The predicted molar refractivity (Wildman–Crippen MR) is 106 cm³/mol. The molecule has 0 aliphatic rings. The van der Waals surface area contributed by atoms with Gasteiger partial charge in [-0.3, -0.25) is 0 Å². The zero-order chi connectivity index (χ0) is 18.6. The predicted octanol–water partition coefficient (Wildman–Crippen LogP) is 4.67. The van der Waals surface area contributed by atoms with Crippen LogP contribution in [0.3, 0.4) is 0 Å². The molecule has 1 N–H and O–H groups in total. The Hall–Kier alpha value is -2.20. The van der Waals surface area contributed by atoms with E-state index in [9.17, 15) is 5.11 Å². The minimum Gasteiger partial charge on any atom is -0.393 e. The minimum atomic E-state index is -0.381. The molecule has 0 fully saturated rings. The summed E-state index contributed by atoms with van der Waals surface area (Å²) < 4.78 is 12.1. The molecule has 0 aromatic heterocycles. The maximum absolute atomic E-state index is 9.48. The molecule has 138 valence electrons. The molecule has 0 saturated heterocycles. The smallest absolute Gasteiger partial charge is 0.106 e. The molecule has 3 nitrogen and oxygen atoms in total. The van der Waals surface area contributed by atoms with E-state index in [0.29, 0.717) is 19.6 Å².